The average molecular weight is 343 g/mol. The quantitative estimate of drug-likeness (QED) is 0.160. The van der Waals surface area contributed by atoms with Crippen molar-refractivity contribution in [2.24, 2.45) is 21.9 Å². The minimum Gasteiger partial charge on any atom is -0.377 e. The van der Waals surface area contributed by atoms with Gasteiger partial charge in [0, 0.05) is 53.6 Å². The van der Waals surface area contributed by atoms with Gasteiger partial charge < -0.3 is 45.8 Å². The molecule has 0 unspecified atom stereocenters. The maximum Gasteiger partial charge on any atom is 0.500 e. The highest BCUT2D eigenvalue weighted by molar-refractivity contribution is 6.60. The lowest BCUT2D eigenvalue weighted by atomic mass is 10.4. The van der Waals surface area contributed by atoms with Crippen LogP contribution in [0.2, 0.25) is 6.04 Å². The van der Waals surface area contributed by atoms with E-state index in [9.17, 15) is 0 Å². The van der Waals surface area contributed by atoms with Gasteiger partial charge in [0.25, 0.3) is 9.28 Å². The van der Waals surface area contributed by atoms with Crippen molar-refractivity contribution >= 4 is 18.1 Å². The summed E-state index contributed by atoms with van der Waals surface area (Å²) in [5.74, 6) is 0. The largest absolute Gasteiger partial charge is 0.500 e. The summed E-state index contributed by atoms with van der Waals surface area (Å²) in [7, 11) is 0.917. The Morgan fingerprint density at radius 2 is 1.29 bits per heavy atom. The van der Waals surface area contributed by atoms with Gasteiger partial charge in [-0.15, -0.1) is 0 Å². The molecular weight excluding hydrogens is 308 g/mol. The van der Waals surface area contributed by atoms with Crippen molar-refractivity contribution < 1.29 is 13.3 Å². The third-order valence-corrected chi connectivity index (χ3v) is 5.40. The van der Waals surface area contributed by atoms with Crippen molar-refractivity contribution in [3.63, 3.8) is 0 Å². The molecule has 0 fully saturated rings. The van der Waals surface area contributed by atoms with Crippen LogP contribution in [0.1, 0.15) is 6.42 Å². The fourth-order valence-corrected chi connectivity index (χ4v) is 3.24. The van der Waals surface area contributed by atoms with E-state index in [4.69, 9.17) is 35.2 Å². The van der Waals surface area contributed by atoms with Crippen LogP contribution in [0.25, 0.3) is 0 Å². The van der Waals surface area contributed by atoms with Crippen LogP contribution in [0.3, 0.4) is 0 Å². The second-order valence-corrected chi connectivity index (χ2v) is 8.51. The van der Waals surface area contributed by atoms with Crippen molar-refractivity contribution in [1.82, 2.24) is 10.6 Å². The van der Waals surface area contributed by atoms with Gasteiger partial charge in [0.2, 0.25) is 0 Å². The molecule has 0 bridgehead atoms. The molecular formula is C10H34N6O3Si2. The minimum atomic E-state index is -2.37. The molecule has 9 nitrogen and oxygen atoms in total. The van der Waals surface area contributed by atoms with E-state index < -0.39 is 18.1 Å². The minimum absolute atomic E-state index is 0.684. The molecule has 0 amide bonds. The van der Waals surface area contributed by atoms with Crippen LogP contribution in [0.4, 0.5) is 0 Å². The topological polar surface area (TPSA) is 156 Å². The molecule has 0 saturated heterocycles. The first-order valence-electron chi connectivity index (χ1n) is 7.01. The lowest BCUT2D eigenvalue weighted by Crippen LogP contribution is -2.46. The zero-order valence-electron chi connectivity index (χ0n) is 13.6. The Morgan fingerprint density at radius 3 is 1.67 bits per heavy atom. The van der Waals surface area contributed by atoms with Crippen LogP contribution >= 0.6 is 0 Å². The van der Waals surface area contributed by atoms with Crippen LogP contribution in [-0.4, -0.2) is 72.1 Å². The van der Waals surface area contributed by atoms with E-state index in [2.05, 4.69) is 10.6 Å². The van der Waals surface area contributed by atoms with Crippen LogP contribution in [-0.2, 0) is 13.3 Å². The van der Waals surface area contributed by atoms with Gasteiger partial charge in [-0.25, -0.2) is 0 Å². The second-order valence-electron chi connectivity index (χ2n) is 4.26. The summed E-state index contributed by atoms with van der Waals surface area (Å²) in [5, 5.41) is 21.0. The molecule has 0 aliphatic carbocycles. The van der Waals surface area contributed by atoms with Gasteiger partial charge in [0.05, 0.1) is 0 Å². The molecule has 0 aliphatic heterocycles. The summed E-state index contributed by atoms with van der Waals surface area (Å²) in [5.41, 5.74) is 5.36. The Morgan fingerprint density at radius 1 is 0.857 bits per heavy atom. The highest BCUT2D eigenvalue weighted by Gasteiger charge is 2.36. The van der Waals surface area contributed by atoms with Crippen molar-refractivity contribution in [2.45, 2.75) is 12.5 Å². The van der Waals surface area contributed by atoms with Crippen LogP contribution in [0.15, 0.2) is 0 Å². The van der Waals surface area contributed by atoms with Crippen molar-refractivity contribution in [2.75, 3.05) is 54.1 Å². The average Bonchev–Trinajstić information content (AvgIpc) is 2.46. The number of nitrogens with two attached hydrogens (primary N) is 4. The van der Waals surface area contributed by atoms with E-state index in [-0.39, 0.29) is 0 Å². The van der Waals surface area contributed by atoms with Gasteiger partial charge in [-0.1, -0.05) is 0 Å². The third kappa shape index (κ3) is 16.3. The summed E-state index contributed by atoms with van der Waals surface area (Å²) in [6.45, 7) is 4.38. The van der Waals surface area contributed by atoms with E-state index in [0.717, 1.165) is 38.6 Å². The molecule has 0 spiro atoms. The van der Waals surface area contributed by atoms with E-state index in [1.807, 2.05) is 0 Å². The number of nitrogens with one attached hydrogen (secondary N) is 2. The molecule has 130 valence electrons. The molecule has 10 N–H and O–H groups in total. The van der Waals surface area contributed by atoms with Gasteiger partial charge in [-0.2, -0.15) is 0 Å². The molecule has 0 saturated carbocycles. The van der Waals surface area contributed by atoms with Gasteiger partial charge >= 0.3 is 8.80 Å². The Balaban J connectivity index is 0. The normalized spacial score (nSPS) is 11.4. The molecule has 21 heavy (non-hydrogen) atoms. The number of hydrogen-bond donors (Lipinski definition) is 6. The Hall–Kier alpha value is 0.0738. The van der Waals surface area contributed by atoms with Crippen LogP contribution in [0.5, 0.6) is 0 Å². The highest BCUT2D eigenvalue weighted by Crippen LogP contribution is 2.14. The van der Waals surface area contributed by atoms with Gasteiger partial charge in [-0.05, 0) is 13.0 Å². The third-order valence-electron chi connectivity index (χ3n) is 2.57. The van der Waals surface area contributed by atoms with E-state index in [0.29, 0.717) is 6.54 Å². The van der Waals surface area contributed by atoms with Crippen molar-refractivity contribution in [3.8, 4) is 0 Å². The molecule has 0 aliphatic rings. The van der Waals surface area contributed by atoms with E-state index >= 15 is 0 Å². The Labute approximate surface area is 131 Å². The maximum absolute atomic E-state index is 5.36. The van der Waals surface area contributed by atoms with Crippen LogP contribution < -0.4 is 32.6 Å². The Kier molecular flexibility index (Phi) is 18.3. The molecule has 0 aromatic carbocycles. The monoisotopic (exact) mass is 342 g/mol. The highest BCUT2D eigenvalue weighted by atomic mass is 28.4. The SMILES string of the molecule is CO[Si](CCCNCCNCCN)(OC)OC.N[SiH](N)N. The number of rotatable bonds is 12. The zero-order chi connectivity index (χ0) is 16.6. The van der Waals surface area contributed by atoms with Gasteiger partial charge in [-0.3, -0.25) is 0 Å². The summed E-state index contributed by atoms with van der Waals surface area (Å²) in [6.07, 6.45) is 0.985. The summed E-state index contributed by atoms with van der Waals surface area (Å²) >= 11 is 0. The molecule has 0 aromatic heterocycles. The predicted octanol–water partition coefficient (Wildman–Crippen LogP) is -3.03. The van der Waals surface area contributed by atoms with Gasteiger partial charge in [0.15, 0.2) is 0 Å². The first kappa shape index (κ1) is 23.3. The smallest absolute Gasteiger partial charge is 0.377 e. The fraction of sp³-hybridized carbons (Fsp3) is 1.00. The Bertz CT molecular complexity index is 202. The van der Waals surface area contributed by atoms with Crippen molar-refractivity contribution in [1.29, 1.82) is 0 Å². The molecule has 11 heteroatoms. The predicted molar refractivity (Wildman–Crippen MR) is 90.7 cm³/mol. The molecule has 0 atom stereocenters. The first-order valence-corrected chi connectivity index (χ1v) is 10.9. The summed E-state index contributed by atoms with van der Waals surface area (Å²) in [4.78, 5) is 0. The van der Waals surface area contributed by atoms with E-state index in [1.165, 1.54) is 0 Å². The molecule has 0 rings (SSSR count). The fourth-order valence-electron chi connectivity index (χ4n) is 1.51. The second kappa shape index (κ2) is 16.4. The first-order chi connectivity index (χ1) is 9.97. The lowest BCUT2D eigenvalue weighted by Gasteiger charge is -2.24. The number of hydrogen-bond acceptors (Lipinski definition) is 9. The van der Waals surface area contributed by atoms with E-state index in [1.54, 1.807) is 21.3 Å². The van der Waals surface area contributed by atoms with Crippen molar-refractivity contribution in [3.05, 3.63) is 0 Å². The van der Waals surface area contributed by atoms with Gasteiger partial charge in [0.1, 0.15) is 0 Å². The lowest BCUT2D eigenvalue weighted by molar-refractivity contribution is 0.123. The zero-order valence-corrected chi connectivity index (χ0v) is 15.7. The summed E-state index contributed by atoms with van der Waals surface area (Å²) in [6, 6.07) is 0.833. The van der Waals surface area contributed by atoms with Crippen LogP contribution in [0, 0.1) is 0 Å². The molecule has 0 aromatic rings. The maximum atomic E-state index is 5.36. The molecule has 0 radical (unpaired) electrons. The standard InChI is InChI=1S/C10H27N3O3Si.H7N3Si/c1-14-17(15-2,16-3)10-4-6-12-8-9-13-7-5-11;1-4(2)3/h12-13H,4-11H2,1-3H3;4H,1-3H2. The summed E-state index contributed by atoms with van der Waals surface area (Å²) < 4.78 is 16.0. The molecule has 0 heterocycles.